The van der Waals surface area contributed by atoms with Crippen molar-refractivity contribution in [3.63, 3.8) is 0 Å². The number of rotatable bonds is 3. The number of piperidine rings is 1. The first kappa shape index (κ1) is 13.5. The highest BCUT2D eigenvalue weighted by atomic mass is 32.2. The molecule has 0 unspecified atom stereocenters. The lowest BCUT2D eigenvalue weighted by atomic mass is 10.1. The number of aliphatic hydroxyl groups excluding tert-OH is 1. The smallest absolute Gasteiger partial charge is 0.243 e. The maximum absolute atomic E-state index is 12.4. The number of hydrogen-bond donors (Lipinski definition) is 1. The van der Waals surface area contributed by atoms with E-state index in [1.54, 1.807) is 6.07 Å². The standard InChI is InChI=1S/C12H18N2O3S/c1-2-10-9-12(3-6-13-10)18(16,17)14-7-4-11(15)5-8-14/h3,6,9,11,15H,2,4-5,7-8H2,1H3. The second kappa shape index (κ2) is 5.34. The predicted molar refractivity (Wildman–Crippen MR) is 67.6 cm³/mol. The fourth-order valence-corrected chi connectivity index (χ4v) is 3.55. The summed E-state index contributed by atoms with van der Waals surface area (Å²) in [5.41, 5.74) is 0.771. The Kier molecular flexibility index (Phi) is 3.99. The van der Waals surface area contributed by atoms with Crippen molar-refractivity contribution in [2.45, 2.75) is 37.2 Å². The van der Waals surface area contributed by atoms with Crippen molar-refractivity contribution in [3.8, 4) is 0 Å². The molecule has 1 aromatic heterocycles. The molecule has 0 amide bonds. The van der Waals surface area contributed by atoms with Crippen LogP contribution in [0.4, 0.5) is 0 Å². The van der Waals surface area contributed by atoms with Crippen molar-refractivity contribution >= 4 is 10.0 Å². The minimum atomic E-state index is -3.44. The van der Waals surface area contributed by atoms with Crippen LogP contribution in [-0.4, -0.2) is 42.0 Å². The molecule has 1 N–H and O–H groups in total. The molecular formula is C12H18N2O3S. The third kappa shape index (κ3) is 2.71. The molecule has 6 heteroatoms. The van der Waals surface area contributed by atoms with Crippen LogP contribution >= 0.6 is 0 Å². The number of aliphatic hydroxyl groups is 1. The molecule has 0 atom stereocenters. The van der Waals surface area contributed by atoms with Gasteiger partial charge in [-0.3, -0.25) is 4.98 Å². The van der Waals surface area contributed by atoms with E-state index in [9.17, 15) is 13.5 Å². The van der Waals surface area contributed by atoms with Gasteiger partial charge in [0.25, 0.3) is 0 Å². The molecule has 1 aliphatic heterocycles. The number of nitrogens with zero attached hydrogens (tertiary/aromatic N) is 2. The van der Waals surface area contributed by atoms with E-state index in [0.717, 1.165) is 5.69 Å². The van der Waals surface area contributed by atoms with Gasteiger partial charge in [0.1, 0.15) is 0 Å². The Bertz CT molecular complexity index is 508. The van der Waals surface area contributed by atoms with Crippen molar-refractivity contribution in [1.82, 2.24) is 9.29 Å². The van der Waals surface area contributed by atoms with E-state index >= 15 is 0 Å². The zero-order valence-corrected chi connectivity index (χ0v) is 11.2. The molecule has 100 valence electrons. The van der Waals surface area contributed by atoms with Crippen LogP contribution in [-0.2, 0) is 16.4 Å². The summed E-state index contributed by atoms with van der Waals surface area (Å²) < 4.78 is 26.2. The first-order valence-corrected chi connectivity index (χ1v) is 7.61. The molecule has 1 aromatic rings. The molecule has 0 bridgehead atoms. The zero-order chi connectivity index (χ0) is 13.2. The van der Waals surface area contributed by atoms with Gasteiger partial charge in [0.2, 0.25) is 10.0 Å². The minimum absolute atomic E-state index is 0.297. The molecule has 0 aliphatic carbocycles. The largest absolute Gasteiger partial charge is 0.393 e. The summed E-state index contributed by atoms with van der Waals surface area (Å²) in [6, 6.07) is 3.15. The molecule has 1 saturated heterocycles. The van der Waals surface area contributed by atoms with Crippen LogP contribution < -0.4 is 0 Å². The molecule has 0 spiro atoms. The van der Waals surface area contributed by atoms with Crippen molar-refractivity contribution in [1.29, 1.82) is 0 Å². The lowest BCUT2D eigenvalue weighted by Gasteiger charge is -2.28. The summed E-state index contributed by atoms with van der Waals surface area (Å²) in [7, 11) is -3.44. The maximum atomic E-state index is 12.4. The topological polar surface area (TPSA) is 70.5 Å². The lowest BCUT2D eigenvalue weighted by Crippen LogP contribution is -2.40. The average molecular weight is 270 g/mol. The third-order valence-corrected chi connectivity index (χ3v) is 5.11. The average Bonchev–Trinajstić information content (AvgIpc) is 2.39. The first-order valence-electron chi connectivity index (χ1n) is 6.17. The monoisotopic (exact) mass is 270 g/mol. The van der Waals surface area contributed by atoms with Gasteiger partial charge in [-0.1, -0.05) is 6.92 Å². The van der Waals surface area contributed by atoms with Crippen LogP contribution in [0.1, 0.15) is 25.5 Å². The van der Waals surface area contributed by atoms with Gasteiger partial charge < -0.3 is 5.11 Å². The molecule has 18 heavy (non-hydrogen) atoms. The fraction of sp³-hybridized carbons (Fsp3) is 0.583. The molecule has 0 saturated carbocycles. The molecule has 1 fully saturated rings. The zero-order valence-electron chi connectivity index (χ0n) is 10.4. The Morgan fingerprint density at radius 3 is 2.72 bits per heavy atom. The minimum Gasteiger partial charge on any atom is -0.393 e. The van der Waals surface area contributed by atoms with Gasteiger partial charge in [0.05, 0.1) is 11.0 Å². The van der Waals surface area contributed by atoms with Gasteiger partial charge in [-0.05, 0) is 31.4 Å². The number of aryl methyl sites for hydroxylation is 1. The summed E-state index contributed by atoms with van der Waals surface area (Å²) in [5, 5.41) is 9.41. The van der Waals surface area contributed by atoms with Crippen LogP contribution in [0.25, 0.3) is 0 Å². The molecule has 1 aliphatic rings. The van der Waals surface area contributed by atoms with Crippen LogP contribution in [0, 0.1) is 0 Å². The van der Waals surface area contributed by atoms with Gasteiger partial charge >= 0.3 is 0 Å². The Balaban J connectivity index is 2.24. The predicted octanol–water partition coefficient (Wildman–Crippen LogP) is 0.789. The Hall–Kier alpha value is -0.980. The van der Waals surface area contributed by atoms with Gasteiger partial charge in [0.15, 0.2) is 0 Å². The summed E-state index contributed by atoms with van der Waals surface area (Å²) in [5.74, 6) is 0. The summed E-state index contributed by atoms with van der Waals surface area (Å²) >= 11 is 0. The lowest BCUT2D eigenvalue weighted by molar-refractivity contribution is 0.113. The van der Waals surface area contributed by atoms with Crippen molar-refractivity contribution < 1.29 is 13.5 Å². The van der Waals surface area contributed by atoms with Crippen molar-refractivity contribution in [3.05, 3.63) is 24.0 Å². The van der Waals surface area contributed by atoms with Crippen LogP contribution in [0.2, 0.25) is 0 Å². The Morgan fingerprint density at radius 2 is 2.11 bits per heavy atom. The highest BCUT2D eigenvalue weighted by molar-refractivity contribution is 7.89. The molecule has 2 rings (SSSR count). The van der Waals surface area contributed by atoms with Gasteiger partial charge in [0, 0.05) is 25.0 Å². The van der Waals surface area contributed by atoms with E-state index < -0.39 is 10.0 Å². The van der Waals surface area contributed by atoms with Gasteiger partial charge in [-0.2, -0.15) is 4.31 Å². The van der Waals surface area contributed by atoms with Crippen molar-refractivity contribution in [2.24, 2.45) is 0 Å². The second-order valence-corrected chi connectivity index (χ2v) is 6.41. The summed E-state index contributed by atoms with van der Waals surface area (Å²) in [6.07, 6.45) is 2.88. The highest BCUT2D eigenvalue weighted by Gasteiger charge is 2.28. The van der Waals surface area contributed by atoms with E-state index in [-0.39, 0.29) is 6.10 Å². The molecular weight excluding hydrogens is 252 g/mol. The van der Waals surface area contributed by atoms with E-state index in [1.807, 2.05) is 6.92 Å². The third-order valence-electron chi connectivity index (χ3n) is 3.21. The number of sulfonamides is 1. The van der Waals surface area contributed by atoms with Crippen LogP contribution in [0.15, 0.2) is 23.2 Å². The Labute approximate surface area is 108 Å². The SMILES string of the molecule is CCc1cc(S(=O)(=O)N2CCC(O)CC2)ccn1. The second-order valence-electron chi connectivity index (χ2n) is 4.47. The molecule has 0 aromatic carbocycles. The number of aromatic nitrogens is 1. The fourth-order valence-electron chi connectivity index (χ4n) is 2.04. The molecule has 2 heterocycles. The number of pyridine rings is 1. The van der Waals surface area contributed by atoms with Crippen molar-refractivity contribution in [2.75, 3.05) is 13.1 Å². The normalized spacial score (nSPS) is 19.0. The van der Waals surface area contributed by atoms with Crippen LogP contribution in [0.5, 0.6) is 0 Å². The summed E-state index contributed by atoms with van der Waals surface area (Å²) in [4.78, 5) is 4.40. The van der Waals surface area contributed by atoms with E-state index in [0.29, 0.717) is 37.2 Å². The van der Waals surface area contributed by atoms with Gasteiger partial charge in [-0.15, -0.1) is 0 Å². The van der Waals surface area contributed by atoms with Crippen LogP contribution in [0.3, 0.4) is 0 Å². The maximum Gasteiger partial charge on any atom is 0.243 e. The Morgan fingerprint density at radius 1 is 1.44 bits per heavy atom. The van der Waals surface area contributed by atoms with E-state index in [2.05, 4.69) is 4.98 Å². The quantitative estimate of drug-likeness (QED) is 0.881. The highest BCUT2D eigenvalue weighted by Crippen LogP contribution is 2.20. The molecule has 0 radical (unpaired) electrons. The number of hydrogen-bond acceptors (Lipinski definition) is 4. The van der Waals surface area contributed by atoms with E-state index in [1.165, 1.54) is 16.6 Å². The van der Waals surface area contributed by atoms with E-state index in [4.69, 9.17) is 0 Å². The summed E-state index contributed by atoms with van der Waals surface area (Å²) in [6.45, 7) is 2.70. The van der Waals surface area contributed by atoms with Gasteiger partial charge in [-0.25, -0.2) is 8.42 Å². The molecule has 5 nitrogen and oxygen atoms in total. The first-order chi connectivity index (χ1) is 8.54.